The Morgan fingerprint density at radius 3 is 1.97 bits per heavy atom. The molecule has 2 aromatic heterocycles. The summed E-state index contributed by atoms with van der Waals surface area (Å²) in [5.74, 6) is 0.845. The highest BCUT2D eigenvalue weighted by atomic mass is 16.4. The van der Waals surface area contributed by atoms with Crippen LogP contribution < -0.4 is 20.5 Å². The fourth-order valence-corrected chi connectivity index (χ4v) is 11.2. The molecule has 0 saturated heterocycles. The number of hydrogen-bond donors (Lipinski definition) is 0. The van der Waals surface area contributed by atoms with Gasteiger partial charge < -0.3 is 13.7 Å². The lowest BCUT2D eigenvalue weighted by atomic mass is 9.44. The van der Waals surface area contributed by atoms with Crippen LogP contribution in [0, 0.1) is 6.92 Å². The number of anilines is 3. The van der Waals surface area contributed by atoms with Crippen LogP contribution in [0.25, 0.3) is 55.8 Å². The van der Waals surface area contributed by atoms with E-state index in [0.29, 0.717) is 0 Å². The molecule has 0 fully saturated rings. The first kappa shape index (κ1) is 40.2. The largest absolute Gasteiger partial charge is 0.600 e. The van der Waals surface area contributed by atoms with E-state index in [4.69, 9.17) is 8.83 Å². The highest BCUT2D eigenvalue weighted by Gasteiger charge is 2.55. The number of hydrogen-bond acceptors (Lipinski definition) is 3. The van der Waals surface area contributed by atoms with Gasteiger partial charge in [0.25, 0.3) is 0 Å². The Balaban J connectivity index is 1.12. The van der Waals surface area contributed by atoms with E-state index in [1.807, 2.05) is 0 Å². The molecule has 5 heteroatoms. The van der Waals surface area contributed by atoms with E-state index in [-0.39, 0.29) is 18.2 Å². The molecule has 4 nitrogen and oxygen atoms in total. The van der Waals surface area contributed by atoms with Gasteiger partial charge in [0.05, 0.1) is 11.1 Å². The number of para-hydroxylation sites is 1. The summed E-state index contributed by atoms with van der Waals surface area (Å²) in [5, 5.41) is 1.16. The fourth-order valence-electron chi connectivity index (χ4n) is 11.2. The minimum Gasteiger partial charge on any atom is -0.462 e. The molecule has 66 heavy (non-hydrogen) atoms. The van der Waals surface area contributed by atoms with Gasteiger partial charge in [-0.25, -0.2) is 4.48 Å². The summed E-state index contributed by atoms with van der Waals surface area (Å²) in [6, 6.07) is 64.9. The Labute approximate surface area is 387 Å². The van der Waals surface area contributed by atoms with Crippen molar-refractivity contribution in [2.24, 2.45) is 0 Å². The second-order valence-electron chi connectivity index (χ2n) is 18.9. The number of furan rings is 1. The van der Waals surface area contributed by atoms with Crippen molar-refractivity contribution in [2.45, 2.75) is 65.7 Å². The molecule has 0 spiro atoms. The molecular weight excluding hydrogens is 803 g/mol. The van der Waals surface area contributed by atoms with Crippen LogP contribution in [-0.2, 0) is 18.3 Å². The summed E-state index contributed by atoms with van der Waals surface area (Å²) in [4.78, 5) is 2.44. The van der Waals surface area contributed by atoms with Crippen LogP contribution in [0.5, 0.6) is 0 Å². The highest BCUT2D eigenvalue weighted by molar-refractivity contribution is 6.81. The van der Waals surface area contributed by atoms with Gasteiger partial charge in [-0.05, 0) is 137 Å². The van der Waals surface area contributed by atoms with Crippen molar-refractivity contribution in [3.8, 4) is 33.7 Å². The van der Waals surface area contributed by atoms with Crippen LogP contribution in [0.15, 0.2) is 185 Å². The molecule has 0 aliphatic carbocycles. The van der Waals surface area contributed by atoms with Gasteiger partial charge in [-0.1, -0.05) is 143 Å². The van der Waals surface area contributed by atoms with E-state index in [2.05, 4.69) is 227 Å². The minimum absolute atomic E-state index is 0.0179. The molecule has 0 bridgehead atoms. The first-order chi connectivity index (χ1) is 32.2. The SMILES string of the molecule is CCc1ccc(N(c2ccc(CC)cc2)c2cc3c4c(c2)C(C)c2c(oc5ccc(C(C)(C)c6ccccc6-c6cccc(C)c6)cc25)B4[n+]2c(-c4ccccc4)oc4cccc-3c42)cc1. The maximum atomic E-state index is 7.28. The maximum Gasteiger partial charge on any atom is 0.600 e. The number of oxazole rings is 1. The molecule has 1 unspecified atom stereocenters. The second kappa shape index (κ2) is 15.4. The molecule has 12 rings (SSSR count). The molecule has 0 amide bonds. The van der Waals surface area contributed by atoms with Gasteiger partial charge in [0.1, 0.15) is 5.58 Å². The number of aryl methyl sites for hydroxylation is 3. The average Bonchev–Trinajstić information content (AvgIpc) is 3.94. The summed E-state index contributed by atoms with van der Waals surface area (Å²) in [6.07, 6.45) is 1.98. The fraction of sp³-hybridized carbons (Fsp3) is 0.164. The summed E-state index contributed by atoms with van der Waals surface area (Å²) >= 11 is 0. The summed E-state index contributed by atoms with van der Waals surface area (Å²) < 4.78 is 16.7. The van der Waals surface area contributed by atoms with E-state index in [1.165, 1.54) is 66.7 Å². The van der Waals surface area contributed by atoms with Crippen molar-refractivity contribution in [1.82, 2.24) is 0 Å². The Hall–Kier alpha value is -7.37. The number of rotatable bonds is 9. The molecule has 0 N–H and O–H groups in total. The lowest BCUT2D eigenvalue weighted by Gasteiger charge is -2.32. The molecule has 10 aromatic rings. The molecule has 0 radical (unpaired) electrons. The van der Waals surface area contributed by atoms with Crippen LogP contribution in [0.3, 0.4) is 0 Å². The molecule has 2 aliphatic heterocycles. The topological polar surface area (TPSA) is 33.4 Å². The third-order valence-corrected chi connectivity index (χ3v) is 14.7. The predicted molar refractivity (Wildman–Crippen MR) is 274 cm³/mol. The van der Waals surface area contributed by atoms with E-state index in [0.717, 1.165) is 69.1 Å². The predicted octanol–water partition coefficient (Wildman–Crippen LogP) is 14.1. The monoisotopic (exact) mass is 855 g/mol. The first-order valence-electron chi connectivity index (χ1n) is 23.6. The van der Waals surface area contributed by atoms with Gasteiger partial charge in [0.2, 0.25) is 11.1 Å². The zero-order valence-corrected chi connectivity index (χ0v) is 38.5. The van der Waals surface area contributed by atoms with Gasteiger partial charge in [0.15, 0.2) is 5.66 Å². The van der Waals surface area contributed by atoms with E-state index in [1.54, 1.807) is 0 Å². The molecule has 8 aromatic carbocycles. The minimum atomic E-state index is -0.314. The van der Waals surface area contributed by atoms with Crippen LogP contribution in [0.2, 0.25) is 0 Å². The second-order valence-corrected chi connectivity index (χ2v) is 18.9. The van der Waals surface area contributed by atoms with Gasteiger partial charge in [0, 0.05) is 44.8 Å². The van der Waals surface area contributed by atoms with Gasteiger partial charge in [-0.2, -0.15) is 0 Å². The van der Waals surface area contributed by atoms with Gasteiger partial charge in [-0.15, -0.1) is 0 Å². The van der Waals surface area contributed by atoms with Crippen molar-refractivity contribution in [2.75, 3.05) is 4.90 Å². The Morgan fingerprint density at radius 1 is 0.591 bits per heavy atom. The van der Waals surface area contributed by atoms with Crippen molar-refractivity contribution in [3.63, 3.8) is 0 Å². The number of nitrogens with zero attached hydrogens (tertiary/aromatic N) is 2. The van der Waals surface area contributed by atoms with E-state index >= 15 is 0 Å². The Morgan fingerprint density at radius 2 is 1.26 bits per heavy atom. The molecule has 2 aliphatic rings. The number of fused-ring (bicyclic) bond motifs is 6. The van der Waals surface area contributed by atoms with Crippen LogP contribution in [-0.4, -0.2) is 6.85 Å². The Kier molecular flexibility index (Phi) is 9.36. The average molecular weight is 856 g/mol. The number of benzene rings is 8. The van der Waals surface area contributed by atoms with Gasteiger partial charge >= 0.3 is 12.7 Å². The summed E-state index contributed by atoms with van der Waals surface area (Å²) in [5.41, 5.74) is 23.1. The summed E-state index contributed by atoms with van der Waals surface area (Å²) in [7, 11) is 0. The van der Waals surface area contributed by atoms with Crippen molar-refractivity contribution in [3.05, 3.63) is 215 Å². The lowest BCUT2D eigenvalue weighted by molar-refractivity contribution is -0.496. The van der Waals surface area contributed by atoms with Crippen LogP contribution >= 0.6 is 0 Å². The highest BCUT2D eigenvalue weighted by Crippen LogP contribution is 2.46. The normalized spacial score (nSPS) is 13.8. The quantitative estimate of drug-likeness (QED) is 0.136. The molecular formula is C61H52BN2O2+. The molecule has 1 atom stereocenters. The van der Waals surface area contributed by atoms with Crippen molar-refractivity contribution in [1.29, 1.82) is 0 Å². The van der Waals surface area contributed by atoms with Crippen LogP contribution in [0.1, 0.15) is 79.5 Å². The zero-order chi connectivity index (χ0) is 44.8. The Bertz CT molecular complexity index is 3460. The maximum absolute atomic E-state index is 7.28. The molecule has 320 valence electrons. The lowest BCUT2D eigenvalue weighted by Crippen LogP contribution is -2.70. The smallest absolute Gasteiger partial charge is 0.462 e. The van der Waals surface area contributed by atoms with Crippen molar-refractivity contribution >= 4 is 57.1 Å². The van der Waals surface area contributed by atoms with Gasteiger partial charge in [-0.3, -0.25) is 0 Å². The molecule has 4 heterocycles. The third kappa shape index (κ3) is 6.16. The standard InChI is InChI=1S/C61H52BN2O2/c1-7-40-24-29-45(30-25-40)63(46-31-26-41(8-2)27-32-46)47-36-50-39(4)56-52-35-44(61(5,6)53-22-13-12-20-48(53)43-19-14-16-38(3)34-43)28-33-54(52)65-59(56)62-57(50)51(37-47)49-21-15-23-55-58(49)64(62)60(66-55)42-17-10-9-11-18-42/h9-37,39H,7-8H2,1-6H3/q+1. The van der Waals surface area contributed by atoms with Crippen LogP contribution in [0.4, 0.5) is 17.1 Å². The van der Waals surface area contributed by atoms with Crippen molar-refractivity contribution < 1.29 is 13.3 Å². The van der Waals surface area contributed by atoms with E-state index < -0.39 is 0 Å². The zero-order valence-electron chi connectivity index (χ0n) is 38.5. The van der Waals surface area contributed by atoms with E-state index in [9.17, 15) is 0 Å². The number of aromatic nitrogens is 1. The summed E-state index contributed by atoms with van der Waals surface area (Å²) in [6.45, 7) is 13.5. The molecule has 0 saturated carbocycles. The third-order valence-electron chi connectivity index (χ3n) is 14.7. The first-order valence-corrected chi connectivity index (χ1v) is 23.6.